The van der Waals surface area contributed by atoms with E-state index < -0.39 is 6.10 Å². The third kappa shape index (κ3) is 2.35. The van der Waals surface area contributed by atoms with Gasteiger partial charge in [0.15, 0.2) is 0 Å². The van der Waals surface area contributed by atoms with E-state index >= 15 is 0 Å². The maximum Gasteiger partial charge on any atom is 0.0981 e. The molecule has 13 heavy (non-hydrogen) atoms. The SMILES string of the molecule is CC1/C(=C\CO)C[C@@H](N=O)CC1O. The maximum absolute atomic E-state index is 10.3. The first-order valence-electron chi connectivity index (χ1n) is 4.49. The normalized spacial score (nSPS) is 37.8. The lowest BCUT2D eigenvalue weighted by Crippen LogP contribution is -2.31. The highest BCUT2D eigenvalue weighted by molar-refractivity contribution is 5.13. The molecule has 4 nitrogen and oxygen atoms in total. The molecule has 0 aromatic rings. The lowest BCUT2D eigenvalue weighted by atomic mass is 9.80. The van der Waals surface area contributed by atoms with E-state index in [1.165, 1.54) is 0 Å². The molecular weight excluding hydrogens is 170 g/mol. The Morgan fingerprint density at radius 3 is 2.92 bits per heavy atom. The number of hydrogen-bond acceptors (Lipinski definition) is 4. The van der Waals surface area contributed by atoms with Crippen molar-refractivity contribution in [2.45, 2.75) is 31.9 Å². The molecule has 1 fully saturated rings. The number of nitrogens with zero attached hydrogens (tertiary/aromatic N) is 1. The summed E-state index contributed by atoms with van der Waals surface area (Å²) in [4.78, 5) is 10.3. The predicted molar refractivity (Wildman–Crippen MR) is 49.2 cm³/mol. The summed E-state index contributed by atoms with van der Waals surface area (Å²) in [6.45, 7) is 1.85. The summed E-state index contributed by atoms with van der Waals surface area (Å²) in [5.74, 6) is 0.0325. The molecule has 0 saturated heterocycles. The van der Waals surface area contributed by atoms with Crippen LogP contribution in [0.25, 0.3) is 0 Å². The number of nitroso groups, excluding NO2 is 1. The molecule has 2 N–H and O–H groups in total. The molecular formula is C9H15NO3. The zero-order chi connectivity index (χ0) is 9.84. The van der Waals surface area contributed by atoms with Crippen LogP contribution in [0.3, 0.4) is 0 Å². The van der Waals surface area contributed by atoms with Crippen molar-refractivity contribution in [2.24, 2.45) is 11.1 Å². The number of aliphatic hydroxyl groups is 2. The fraction of sp³-hybridized carbons (Fsp3) is 0.778. The van der Waals surface area contributed by atoms with Gasteiger partial charge in [-0.3, -0.25) is 0 Å². The Kier molecular flexibility index (Phi) is 3.57. The van der Waals surface area contributed by atoms with E-state index in [-0.39, 0.29) is 18.6 Å². The number of rotatable bonds is 2. The van der Waals surface area contributed by atoms with Gasteiger partial charge in [0.2, 0.25) is 0 Å². The van der Waals surface area contributed by atoms with Gasteiger partial charge in [0.05, 0.1) is 18.8 Å². The van der Waals surface area contributed by atoms with E-state index in [1.807, 2.05) is 6.92 Å². The first-order valence-corrected chi connectivity index (χ1v) is 4.49. The summed E-state index contributed by atoms with van der Waals surface area (Å²) < 4.78 is 0. The highest BCUT2D eigenvalue weighted by Crippen LogP contribution is 2.30. The van der Waals surface area contributed by atoms with Gasteiger partial charge in [-0.1, -0.05) is 23.7 Å². The standard InChI is InChI=1S/C9H15NO3/c1-6-7(2-3-11)4-8(10-13)5-9(6)12/h2,6,8-9,11-12H,3-5H2,1H3/b7-2-/t6?,8-,9?/m1/s1. The second-order valence-corrected chi connectivity index (χ2v) is 3.52. The minimum atomic E-state index is -0.505. The van der Waals surface area contributed by atoms with Crippen LogP contribution in [0.15, 0.2) is 16.8 Å². The average Bonchev–Trinajstić information content (AvgIpc) is 2.13. The highest BCUT2D eigenvalue weighted by atomic mass is 16.3. The van der Waals surface area contributed by atoms with Crippen LogP contribution in [0.2, 0.25) is 0 Å². The van der Waals surface area contributed by atoms with Crippen molar-refractivity contribution in [3.63, 3.8) is 0 Å². The van der Waals surface area contributed by atoms with Gasteiger partial charge in [-0.25, -0.2) is 0 Å². The molecule has 0 spiro atoms. The quantitative estimate of drug-likeness (QED) is 0.494. The fourth-order valence-corrected chi connectivity index (χ4v) is 1.74. The molecule has 0 aromatic heterocycles. The van der Waals surface area contributed by atoms with Crippen molar-refractivity contribution in [2.75, 3.05) is 6.61 Å². The minimum Gasteiger partial charge on any atom is -0.392 e. The maximum atomic E-state index is 10.3. The van der Waals surface area contributed by atoms with Crippen LogP contribution in [-0.2, 0) is 0 Å². The van der Waals surface area contributed by atoms with Crippen molar-refractivity contribution >= 4 is 0 Å². The van der Waals surface area contributed by atoms with Crippen molar-refractivity contribution in [3.8, 4) is 0 Å². The van der Waals surface area contributed by atoms with Crippen molar-refractivity contribution in [1.29, 1.82) is 0 Å². The van der Waals surface area contributed by atoms with E-state index in [4.69, 9.17) is 5.11 Å². The van der Waals surface area contributed by atoms with Crippen molar-refractivity contribution < 1.29 is 10.2 Å². The second-order valence-electron chi connectivity index (χ2n) is 3.52. The zero-order valence-corrected chi connectivity index (χ0v) is 7.68. The Morgan fingerprint density at radius 2 is 2.38 bits per heavy atom. The summed E-state index contributed by atoms with van der Waals surface area (Å²) in [6, 6.07) is -0.330. The summed E-state index contributed by atoms with van der Waals surface area (Å²) in [5, 5.41) is 21.2. The van der Waals surface area contributed by atoms with Crippen LogP contribution in [-0.4, -0.2) is 29.0 Å². The van der Waals surface area contributed by atoms with Gasteiger partial charge >= 0.3 is 0 Å². The Labute approximate surface area is 77.2 Å². The summed E-state index contributed by atoms with van der Waals surface area (Å²) in [5.41, 5.74) is 0.936. The molecule has 74 valence electrons. The Morgan fingerprint density at radius 1 is 1.69 bits per heavy atom. The van der Waals surface area contributed by atoms with E-state index in [0.29, 0.717) is 12.8 Å². The first-order chi connectivity index (χ1) is 6.19. The van der Waals surface area contributed by atoms with Gasteiger partial charge in [-0.2, -0.15) is 4.91 Å². The third-order valence-electron chi connectivity index (χ3n) is 2.65. The zero-order valence-electron chi connectivity index (χ0n) is 7.68. The Hall–Kier alpha value is -0.740. The second kappa shape index (κ2) is 4.48. The largest absolute Gasteiger partial charge is 0.392 e. The molecule has 1 aliphatic rings. The van der Waals surface area contributed by atoms with Crippen LogP contribution in [0.5, 0.6) is 0 Å². The molecule has 1 saturated carbocycles. The molecule has 2 unspecified atom stereocenters. The predicted octanol–water partition coefficient (Wildman–Crippen LogP) is 0.831. The van der Waals surface area contributed by atoms with Gasteiger partial charge in [-0.05, 0) is 12.8 Å². The average molecular weight is 185 g/mol. The van der Waals surface area contributed by atoms with E-state index in [1.54, 1.807) is 6.08 Å². The van der Waals surface area contributed by atoms with Crippen LogP contribution < -0.4 is 0 Å². The van der Waals surface area contributed by atoms with E-state index in [2.05, 4.69) is 5.18 Å². The molecule has 0 heterocycles. The molecule has 0 bridgehead atoms. The monoisotopic (exact) mass is 185 g/mol. The van der Waals surface area contributed by atoms with Gasteiger partial charge in [0, 0.05) is 5.92 Å². The smallest absolute Gasteiger partial charge is 0.0981 e. The van der Waals surface area contributed by atoms with Crippen LogP contribution in [0.1, 0.15) is 19.8 Å². The van der Waals surface area contributed by atoms with Gasteiger partial charge in [-0.15, -0.1) is 0 Å². The molecule has 0 aromatic carbocycles. The van der Waals surface area contributed by atoms with Gasteiger partial charge in [0.1, 0.15) is 0 Å². The molecule has 1 rings (SSSR count). The third-order valence-corrected chi connectivity index (χ3v) is 2.65. The van der Waals surface area contributed by atoms with Crippen molar-refractivity contribution in [3.05, 3.63) is 16.6 Å². The van der Waals surface area contributed by atoms with Gasteiger partial charge < -0.3 is 10.2 Å². The molecule has 1 aliphatic carbocycles. The van der Waals surface area contributed by atoms with E-state index in [9.17, 15) is 10.0 Å². The van der Waals surface area contributed by atoms with Crippen molar-refractivity contribution in [1.82, 2.24) is 0 Å². The topological polar surface area (TPSA) is 69.9 Å². The van der Waals surface area contributed by atoms with E-state index in [0.717, 1.165) is 5.57 Å². The number of hydrogen-bond donors (Lipinski definition) is 2. The summed E-state index contributed by atoms with van der Waals surface area (Å²) in [7, 11) is 0. The Balaban J connectivity index is 2.71. The minimum absolute atomic E-state index is 0.0325. The molecule has 0 aliphatic heterocycles. The molecule has 0 radical (unpaired) electrons. The summed E-state index contributed by atoms with van der Waals surface area (Å²) in [6.07, 6.45) is 2.16. The lowest BCUT2D eigenvalue weighted by molar-refractivity contribution is 0.0976. The van der Waals surface area contributed by atoms with Crippen LogP contribution in [0, 0.1) is 10.8 Å². The lowest BCUT2D eigenvalue weighted by Gasteiger charge is -2.30. The Bertz CT molecular complexity index is 215. The van der Waals surface area contributed by atoms with Crippen LogP contribution in [0.4, 0.5) is 0 Å². The fourth-order valence-electron chi connectivity index (χ4n) is 1.74. The first kappa shape index (κ1) is 10.3. The molecule has 0 amide bonds. The molecule has 3 atom stereocenters. The number of aliphatic hydroxyl groups excluding tert-OH is 2. The molecule has 4 heteroatoms. The van der Waals surface area contributed by atoms with Crippen LogP contribution >= 0.6 is 0 Å². The highest BCUT2D eigenvalue weighted by Gasteiger charge is 2.30. The summed E-state index contributed by atoms with van der Waals surface area (Å²) >= 11 is 0. The van der Waals surface area contributed by atoms with Gasteiger partial charge in [0.25, 0.3) is 0 Å².